The topological polar surface area (TPSA) is 117 Å². The number of benzene rings is 1. The zero-order valence-corrected chi connectivity index (χ0v) is 16.3. The highest BCUT2D eigenvalue weighted by Crippen LogP contribution is 2.34. The summed E-state index contributed by atoms with van der Waals surface area (Å²) in [6.45, 7) is 5.16. The molecule has 2 heterocycles. The van der Waals surface area contributed by atoms with Crippen LogP contribution in [0.1, 0.15) is 23.8 Å². The number of hydrogen-bond donors (Lipinski definition) is 0. The van der Waals surface area contributed by atoms with Crippen molar-refractivity contribution >= 4 is 23.6 Å². The fourth-order valence-electron chi connectivity index (χ4n) is 3.06. The van der Waals surface area contributed by atoms with Crippen molar-refractivity contribution in [1.82, 2.24) is 4.90 Å². The molecule has 0 fully saturated rings. The van der Waals surface area contributed by atoms with Crippen LogP contribution >= 0.6 is 0 Å². The summed E-state index contributed by atoms with van der Waals surface area (Å²) in [6, 6.07) is 8.15. The summed E-state index contributed by atoms with van der Waals surface area (Å²) in [5.41, 5.74) is 2.21. The lowest BCUT2D eigenvalue weighted by molar-refractivity contribution is -0.384. The second kappa shape index (κ2) is 7.20. The number of nitro benzene ring substituents is 1. The van der Waals surface area contributed by atoms with Crippen molar-refractivity contribution in [3.8, 4) is 17.4 Å². The number of nitro groups is 1. The van der Waals surface area contributed by atoms with E-state index in [9.17, 15) is 25.0 Å². The van der Waals surface area contributed by atoms with Crippen LogP contribution in [-0.4, -0.2) is 28.7 Å². The van der Waals surface area contributed by atoms with E-state index in [4.69, 9.17) is 4.42 Å². The minimum absolute atomic E-state index is 0.0800. The van der Waals surface area contributed by atoms with Crippen molar-refractivity contribution in [2.24, 2.45) is 0 Å². The lowest BCUT2D eigenvalue weighted by Gasteiger charge is -2.23. The SMILES string of the molecule is CC1=C(C#N)C(=O)N(C)C(=O)C1=Cc1ccc(-c2cc(C)c(C)cc2[N+](=O)[O-])o1. The number of likely N-dealkylation sites (N-methyl/N-ethyl adjacent to an activating group) is 1. The van der Waals surface area contributed by atoms with E-state index in [1.165, 1.54) is 26.1 Å². The molecule has 146 valence electrons. The fraction of sp³-hybridized carbons (Fsp3) is 0.190. The molecule has 1 aromatic heterocycles. The fourth-order valence-corrected chi connectivity index (χ4v) is 3.06. The monoisotopic (exact) mass is 391 g/mol. The Balaban J connectivity index is 2.11. The number of amides is 2. The number of carbonyl (C=O) groups is 2. The number of rotatable bonds is 3. The number of aryl methyl sites for hydroxylation is 2. The molecule has 2 aromatic rings. The third-order valence-corrected chi connectivity index (χ3v) is 4.93. The third-order valence-electron chi connectivity index (χ3n) is 4.93. The largest absolute Gasteiger partial charge is 0.456 e. The number of nitrogens with zero attached hydrogens (tertiary/aromatic N) is 3. The summed E-state index contributed by atoms with van der Waals surface area (Å²) < 4.78 is 5.74. The highest BCUT2D eigenvalue weighted by atomic mass is 16.6. The van der Waals surface area contributed by atoms with Crippen LogP contribution in [0.5, 0.6) is 0 Å². The summed E-state index contributed by atoms with van der Waals surface area (Å²) in [6.07, 6.45) is 1.42. The predicted octanol–water partition coefficient (Wildman–Crippen LogP) is 3.69. The molecule has 0 saturated carbocycles. The van der Waals surface area contributed by atoms with Gasteiger partial charge >= 0.3 is 0 Å². The maximum atomic E-state index is 12.5. The zero-order chi connectivity index (χ0) is 21.5. The second-order valence-corrected chi connectivity index (χ2v) is 6.75. The molecule has 1 aromatic carbocycles. The molecule has 8 nitrogen and oxygen atoms in total. The Hall–Kier alpha value is -3.99. The Morgan fingerprint density at radius 1 is 1.14 bits per heavy atom. The Morgan fingerprint density at radius 3 is 2.41 bits per heavy atom. The number of hydrogen-bond acceptors (Lipinski definition) is 6. The quantitative estimate of drug-likeness (QED) is 0.341. The molecule has 1 aliphatic heterocycles. The van der Waals surface area contributed by atoms with Crippen molar-refractivity contribution in [2.45, 2.75) is 20.8 Å². The molecule has 3 rings (SSSR count). The predicted molar refractivity (Wildman–Crippen MR) is 104 cm³/mol. The first-order valence-corrected chi connectivity index (χ1v) is 8.67. The zero-order valence-electron chi connectivity index (χ0n) is 16.3. The first kappa shape index (κ1) is 19.8. The van der Waals surface area contributed by atoms with Crippen LogP contribution in [-0.2, 0) is 9.59 Å². The van der Waals surface area contributed by atoms with Crippen LogP contribution in [0.15, 0.2) is 45.4 Å². The maximum Gasteiger partial charge on any atom is 0.280 e. The average molecular weight is 391 g/mol. The normalized spacial score (nSPS) is 15.8. The first-order chi connectivity index (χ1) is 13.6. The molecule has 0 N–H and O–H groups in total. The van der Waals surface area contributed by atoms with Gasteiger partial charge in [-0.3, -0.25) is 24.6 Å². The molecular weight excluding hydrogens is 374 g/mol. The van der Waals surface area contributed by atoms with Gasteiger partial charge in [0.25, 0.3) is 17.5 Å². The molecule has 0 spiro atoms. The van der Waals surface area contributed by atoms with E-state index >= 15 is 0 Å². The number of nitriles is 1. The van der Waals surface area contributed by atoms with Crippen LogP contribution in [0.25, 0.3) is 17.4 Å². The molecule has 1 aliphatic rings. The second-order valence-electron chi connectivity index (χ2n) is 6.75. The van der Waals surface area contributed by atoms with Crippen molar-refractivity contribution in [3.05, 3.63) is 68.0 Å². The molecule has 0 saturated heterocycles. The molecule has 2 amide bonds. The molecular formula is C21H17N3O5. The summed E-state index contributed by atoms with van der Waals surface area (Å²) in [5.74, 6) is -0.656. The summed E-state index contributed by atoms with van der Waals surface area (Å²) in [4.78, 5) is 36.3. The first-order valence-electron chi connectivity index (χ1n) is 8.67. The van der Waals surface area contributed by atoms with E-state index in [0.29, 0.717) is 5.56 Å². The van der Waals surface area contributed by atoms with Gasteiger partial charge in [-0.25, -0.2) is 0 Å². The molecule has 0 atom stereocenters. The number of carbonyl (C=O) groups excluding carboxylic acids is 2. The Bertz CT molecular complexity index is 1180. The van der Waals surface area contributed by atoms with Gasteiger partial charge in [-0.05, 0) is 61.7 Å². The van der Waals surface area contributed by atoms with Gasteiger partial charge < -0.3 is 4.42 Å². The number of furan rings is 1. The summed E-state index contributed by atoms with van der Waals surface area (Å²) in [5, 5.41) is 20.7. The van der Waals surface area contributed by atoms with Crippen molar-refractivity contribution < 1.29 is 18.9 Å². The molecule has 0 unspecified atom stereocenters. The van der Waals surface area contributed by atoms with Gasteiger partial charge in [0.05, 0.1) is 10.5 Å². The summed E-state index contributed by atoms with van der Waals surface area (Å²) in [7, 11) is 1.30. The van der Waals surface area contributed by atoms with Gasteiger partial charge in [-0.1, -0.05) is 0 Å². The van der Waals surface area contributed by atoms with Crippen molar-refractivity contribution in [1.29, 1.82) is 5.26 Å². The smallest absolute Gasteiger partial charge is 0.280 e. The van der Waals surface area contributed by atoms with Crippen molar-refractivity contribution in [2.75, 3.05) is 7.05 Å². The van der Waals surface area contributed by atoms with E-state index < -0.39 is 16.7 Å². The van der Waals surface area contributed by atoms with Crippen LogP contribution < -0.4 is 0 Å². The van der Waals surface area contributed by atoms with E-state index in [2.05, 4.69) is 0 Å². The molecule has 8 heteroatoms. The van der Waals surface area contributed by atoms with Crippen LogP contribution in [0.4, 0.5) is 5.69 Å². The van der Waals surface area contributed by atoms with Gasteiger partial charge in [-0.2, -0.15) is 5.26 Å². The minimum atomic E-state index is -0.655. The highest BCUT2D eigenvalue weighted by molar-refractivity contribution is 6.19. The van der Waals surface area contributed by atoms with Crippen LogP contribution in [0.2, 0.25) is 0 Å². The van der Waals surface area contributed by atoms with Gasteiger partial charge in [0.15, 0.2) is 0 Å². The standard InChI is InChI=1S/C21H17N3O5/c1-11-7-16(18(24(27)28)8-12(11)2)19-6-5-14(29-19)9-15-13(3)17(10-22)21(26)23(4)20(15)25/h5-9H,1-4H3. The lowest BCUT2D eigenvalue weighted by Crippen LogP contribution is -2.39. The molecule has 0 aliphatic carbocycles. The third kappa shape index (κ3) is 3.34. The molecule has 0 radical (unpaired) electrons. The molecule has 0 bridgehead atoms. The lowest BCUT2D eigenvalue weighted by atomic mass is 9.95. The average Bonchev–Trinajstić information content (AvgIpc) is 3.14. The van der Waals surface area contributed by atoms with Crippen LogP contribution in [0, 0.1) is 35.3 Å². The van der Waals surface area contributed by atoms with Gasteiger partial charge in [0.2, 0.25) is 0 Å². The van der Waals surface area contributed by atoms with E-state index in [-0.39, 0.29) is 33.9 Å². The van der Waals surface area contributed by atoms with Gasteiger partial charge in [0.1, 0.15) is 23.2 Å². The van der Waals surface area contributed by atoms with Gasteiger partial charge in [0, 0.05) is 18.7 Å². The number of imide groups is 1. The van der Waals surface area contributed by atoms with E-state index in [0.717, 1.165) is 16.0 Å². The van der Waals surface area contributed by atoms with Crippen molar-refractivity contribution in [3.63, 3.8) is 0 Å². The maximum absolute atomic E-state index is 12.5. The van der Waals surface area contributed by atoms with Gasteiger partial charge in [-0.15, -0.1) is 0 Å². The minimum Gasteiger partial charge on any atom is -0.456 e. The van der Waals surface area contributed by atoms with E-state index in [1.807, 2.05) is 13.0 Å². The Kier molecular flexibility index (Phi) is 4.91. The Morgan fingerprint density at radius 2 is 1.79 bits per heavy atom. The summed E-state index contributed by atoms with van der Waals surface area (Å²) >= 11 is 0. The van der Waals surface area contributed by atoms with E-state index in [1.54, 1.807) is 25.1 Å². The van der Waals surface area contributed by atoms with Crippen LogP contribution in [0.3, 0.4) is 0 Å². The highest BCUT2D eigenvalue weighted by Gasteiger charge is 2.33. The molecule has 29 heavy (non-hydrogen) atoms. The Labute approximate surface area is 166 Å².